The lowest BCUT2D eigenvalue weighted by Gasteiger charge is -2.37. The predicted molar refractivity (Wildman–Crippen MR) is 151 cm³/mol. The van der Waals surface area contributed by atoms with E-state index in [1.807, 2.05) is 6.08 Å². The normalized spacial score (nSPS) is 18.3. The number of hydrogen-bond acceptors (Lipinski definition) is 5. The van der Waals surface area contributed by atoms with Crippen molar-refractivity contribution in [3.8, 4) is 11.5 Å². The number of carbonyl (C=O) groups excluding carboxylic acids is 1. The smallest absolute Gasteiger partial charge is 0.310 e. The first-order valence-electron chi connectivity index (χ1n) is 13.0. The van der Waals surface area contributed by atoms with E-state index in [2.05, 4.69) is 85.9 Å². The fourth-order valence-electron chi connectivity index (χ4n) is 4.12. The SMILES string of the molecule is CC(C)(C)[Si](C)(C)OC1=Cc2c3c(cc(O[Si](C)(C)C(C)(C)C)c2=C2COC(=O)CC2=C1)=CCCO3. The van der Waals surface area contributed by atoms with Crippen LogP contribution in [0, 0.1) is 0 Å². The highest BCUT2D eigenvalue weighted by molar-refractivity contribution is 6.75. The Morgan fingerprint density at radius 2 is 1.53 bits per heavy atom. The van der Waals surface area contributed by atoms with Crippen molar-refractivity contribution in [1.29, 1.82) is 0 Å². The zero-order chi connectivity index (χ0) is 26.7. The molecule has 0 unspecified atom stereocenters. The van der Waals surface area contributed by atoms with Crippen molar-refractivity contribution < 1.29 is 23.1 Å². The molecule has 0 atom stereocenters. The summed E-state index contributed by atoms with van der Waals surface area (Å²) in [6.07, 6.45) is 7.46. The molecular formula is C29H42O5Si2. The monoisotopic (exact) mass is 526 g/mol. The number of esters is 1. The van der Waals surface area contributed by atoms with Crippen molar-refractivity contribution >= 4 is 40.3 Å². The highest BCUT2D eigenvalue weighted by Crippen LogP contribution is 2.41. The van der Waals surface area contributed by atoms with Gasteiger partial charge in [-0.05, 0) is 60.1 Å². The zero-order valence-corrected chi connectivity index (χ0v) is 25.7. The topological polar surface area (TPSA) is 54.0 Å². The van der Waals surface area contributed by atoms with Crippen molar-refractivity contribution in [1.82, 2.24) is 0 Å². The minimum atomic E-state index is -2.16. The molecule has 1 fully saturated rings. The Morgan fingerprint density at radius 1 is 0.889 bits per heavy atom. The average molecular weight is 527 g/mol. The van der Waals surface area contributed by atoms with E-state index >= 15 is 0 Å². The minimum Gasteiger partial charge on any atom is -0.543 e. The summed E-state index contributed by atoms with van der Waals surface area (Å²) < 4.78 is 25.6. The molecule has 7 heteroatoms. The predicted octanol–water partition coefficient (Wildman–Crippen LogP) is 6.03. The van der Waals surface area contributed by atoms with Crippen LogP contribution >= 0.6 is 0 Å². The van der Waals surface area contributed by atoms with Gasteiger partial charge in [0.05, 0.1) is 13.0 Å². The van der Waals surface area contributed by atoms with Gasteiger partial charge in [-0.2, -0.15) is 0 Å². The summed E-state index contributed by atoms with van der Waals surface area (Å²) in [4.78, 5) is 12.4. The van der Waals surface area contributed by atoms with Gasteiger partial charge in [-0.25, -0.2) is 0 Å². The highest BCUT2D eigenvalue weighted by atomic mass is 28.4. The van der Waals surface area contributed by atoms with Crippen LogP contribution in [0.4, 0.5) is 0 Å². The van der Waals surface area contributed by atoms with E-state index in [1.165, 1.54) is 0 Å². The Morgan fingerprint density at radius 3 is 2.17 bits per heavy atom. The van der Waals surface area contributed by atoms with Crippen molar-refractivity contribution in [2.45, 2.75) is 90.6 Å². The standard InChI is InChI=1S/C29H42O5Si2/c1-28(2,3)35(7,8)33-21-14-20-16-25(30)32-18-23(20)26-22(17-21)27-19(12-11-13-31-27)15-24(26)34-36(9,10)29(4,5)6/h12,14-15,17H,11,13,16,18H2,1-10H3. The van der Waals surface area contributed by atoms with Crippen molar-refractivity contribution in [3.05, 3.63) is 39.5 Å². The second-order valence-corrected chi connectivity index (χ2v) is 22.6. The Bertz CT molecular complexity index is 1270. The molecule has 1 aromatic rings. The Balaban J connectivity index is 2.03. The molecule has 0 N–H and O–H groups in total. The number of allylic oxidation sites excluding steroid dienone is 1. The first-order valence-corrected chi connectivity index (χ1v) is 18.8. The van der Waals surface area contributed by atoms with E-state index in [-0.39, 0.29) is 29.1 Å². The third-order valence-corrected chi connectivity index (χ3v) is 17.1. The molecule has 1 aliphatic carbocycles. The molecule has 0 saturated carbocycles. The third-order valence-electron chi connectivity index (χ3n) is 8.39. The van der Waals surface area contributed by atoms with Gasteiger partial charge in [-0.3, -0.25) is 4.79 Å². The van der Waals surface area contributed by atoms with E-state index < -0.39 is 16.6 Å². The molecular weight excluding hydrogens is 484 g/mol. The fourth-order valence-corrected chi connectivity index (χ4v) is 6.15. The van der Waals surface area contributed by atoms with Crippen LogP contribution in [0.25, 0.3) is 17.7 Å². The van der Waals surface area contributed by atoms with Crippen LogP contribution in [0.1, 0.15) is 59.9 Å². The second-order valence-electron chi connectivity index (χ2n) is 13.2. The highest BCUT2D eigenvalue weighted by Gasteiger charge is 2.41. The molecule has 4 rings (SSSR count). The molecule has 36 heavy (non-hydrogen) atoms. The van der Waals surface area contributed by atoms with Crippen molar-refractivity contribution in [2.75, 3.05) is 13.2 Å². The molecule has 5 nitrogen and oxygen atoms in total. The Labute approximate surface area is 218 Å². The number of ether oxygens (including phenoxy) is 2. The van der Waals surface area contributed by atoms with Gasteiger partial charge in [0, 0.05) is 28.0 Å². The maximum Gasteiger partial charge on any atom is 0.310 e. The molecule has 2 aliphatic heterocycles. The largest absolute Gasteiger partial charge is 0.543 e. The van der Waals surface area contributed by atoms with Gasteiger partial charge in [0.25, 0.3) is 8.32 Å². The zero-order valence-electron chi connectivity index (χ0n) is 23.7. The summed E-state index contributed by atoms with van der Waals surface area (Å²) >= 11 is 0. The molecule has 196 valence electrons. The maximum absolute atomic E-state index is 12.4. The molecule has 0 amide bonds. The van der Waals surface area contributed by atoms with Gasteiger partial charge in [0.15, 0.2) is 0 Å². The lowest BCUT2D eigenvalue weighted by molar-refractivity contribution is -0.142. The second kappa shape index (κ2) is 8.94. The number of cyclic esters (lactones) is 1. The number of rotatable bonds is 4. The van der Waals surface area contributed by atoms with Crippen LogP contribution in [0.2, 0.25) is 36.3 Å². The third kappa shape index (κ3) is 4.96. The lowest BCUT2D eigenvalue weighted by atomic mass is 9.96. The van der Waals surface area contributed by atoms with Crippen LogP contribution < -0.4 is 19.6 Å². The molecule has 0 spiro atoms. The summed E-state index contributed by atoms with van der Waals surface area (Å²) in [5.74, 6) is 2.27. The van der Waals surface area contributed by atoms with Crippen LogP contribution in [-0.2, 0) is 14.0 Å². The van der Waals surface area contributed by atoms with Crippen LogP contribution in [0.3, 0.4) is 0 Å². The summed E-state index contributed by atoms with van der Waals surface area (Å²) in [6.45, 7) is 23.3. The number of fused-ring (bicyclic) bond motifs is 4. The van der Waals surface area contributed by atoms with E-state index in [0.29, 0.717) is 6.61 Å². The molecule has 1 aromatic carbocycles. The molecule has 1 saturated heterocycles. The fraction of sp³-hybridized carbons (Fsp3) is 0.552. The Hall–Kier alpha value is -2.26. The van der Waals surface area contributed by atoms with Gasteiger partial charge in [-0.15, -0.1) is 0 Å². The van der Waals surface area contributed by atoms with Gasteiger partial charge < -0.3 is 18.3 Å². The van der Waals surface area contributed by atoms with Gasteiger partial charge in [0.1, 0.15) is 23.9 Å². The van der Waals surface area contributed by atoms with E-state index in [9.17, 15) is 4.79 Å². The number of carbonyl (C=O) groups is 1. The molecule has 0 radical (unpaired) electrons. The van der Waals surface area contributed by atoms with E-state index in [4.69, 9.17) is 18.3 Å². The molecule has 3 aliphatic rings. The average Bonchev–Trinajstić information content (AvgIpc) is 2.87. The molecule has 2 heterocycles. The maximum atomic E-state index is 12.4. The van der Waals surface area contributed by atoms with Crippen LogP contribution in [0.15, 0.2) is 23.5 Å². The minimum absolute atomic E-state index is 0.0372. The summed E-state index contributed by atoms with van der Waals surface area (Å²) in [7, 11) is -4.29. The molecule has 0 aromatic heterocycles. The Kier molecular flexibility index (Phi) is 6.66. The van der Waals surface area contributed by atoms with Crippen molar-refractivity contribution in [2.24, 2.45) is 0 Å². The van der Waals surface area contributed by atoms with Crippen LogP contribution in [-0.4, -0.2) is 35.8 Å². The summed E-state index contributed by atoms with van der Waals surface area (Å²) in [6, 6.07) is 2.13. The van der Waals surface area contributed by atoms with Gasteiger partial charge in [0.2, 0.25) is 8.32 Å². The quantitative estimate of drug-likeness (QED) is 0.354. The van der Waals surface area contributed by atoms with E-state index in [1.54, 1.807) is 0 Å². The van der Waals surface area contributed by atoms with Gasteiger partial charge in [-0.1, -0.05) is 47.6 Å². The summed E-state index contributed by atoms with van der Waals surface area (Å²) in [5.41, 5.74) is 2.89. The van der Waals surface area contributed by atoms with Crippen molar-refractivity contribution in [3.63, 3.8) is 0 Å². The van der Waals surface area contributed by atoms with Crippen LogP contribution in [0.5, 0.6) is 11.5 Å². The first kappa shape index (κ1) is 26.8. The molecule has 0 bridgehead atoms. The lowest BCUT2D eigenvalue weighted by Crippen LogP contribution is -2.45. The van der Waals surface area contributed by atoms with Gasteiger partial charge >= 0.3 is 5.97 Å². The number of benzene rings is 1. The summed E-state index contributed by atoms with van der Waals surface area (Å²) in [5, 5.41) is 2.10. The van der Waals surface area contributed by atoms with E-state index in [0.717, 1.165) is 50.8 Å². The number of hydrogen-bond donors (Lipinski definition) is 0. The first-order chi connectivity index (χ1) is 16.5.